The summed E-state index contributed by atoms with van der Waals surface area (Å²) in [6.07, 6.45) is 8.74. The van der Waals surface area contributed by atoms with Gasteiger partial charge in [0.25, 0.3) is 5.91 Å². The van der Waals surface area contributed by atoms with E-state index in [9.17, 15) is 10.1 Å². The normalized spacial score (nSPS) is 22.8. The number of allylic oxidation sites excluding steroid dienone is 2. The van der Waals surface area contributed by atoms with Crippen molar-refractivity contribution in [1.29, 1.82) is 5.26 Å². The van der Waals surface area contributed by atoms with E-state index < -0.39 is 5.60 Å². The number of nitriles is 1. The molecule has 194 valence electrons. The molecule has 1 aliphatic carbocycles. The monoisotopic (exact) mass is 492 g/mol. The molecule has 1 aromatic carbocycles. The van der Waals surface area contributed by atoms with Crippen LogP contribution in [0.2, 0.25) is 0 Å². The Balaban J connectivity index is 1.67. The molecule has 2 N–H and O–H groups in total. The van der Waals surface area contributed by atoms with E-state index in [2.05, 4.69) is 67.8 Å². The summed E-state index contributed by atoms with van der Waals surface area (Å²) in [5.41, 5.74) is 4.63. The van der Waals surface area contributed by atoms with Gasteiger partial charge in [0, 0.05) is 50.4 Å². The quantitative estimate of drug-likeness (QED) is 0.558. The number of rotatable bonds is 8. The van der Waals surface area contributed by atoms with Crippen molar-refractivity contribution < 1.29 is 14.3 Å². The van der Waals surface area contributed by atoms with Crippen LogP contribution in [-0.2, 0) is 19.9 Å². The third kappa shape index (κ3) is 6.18. The topological polar surface area (TPSA) is 86.6 Å². The molecule has 7 nitrogen and oxygen atoms in total. The first kappa shape index (κ1) is 26.4. The maximum absolute atomic E-state index is 13.1. The van der Waals surface area contributed by atoms with Gasteiger partial charge in [-0.25, -0.2) is 0 Å². The van der Waals surface area contributed by atoms with Crippen molar-refractivity contribution in [1.82, 2.24) is 10.2 Å². The van der Waals surface area contributed by atoms with Gasteiger partial charge >= 0.3 is 0 Å². The van der Waals surface area contributed by atoms with Crippen molar-refractivity contribution in [2.45, 2.75) is 51.6 Å². The molecule has 1 unspecified atom stereocenters. The van der Waals surface area contributed by atoms with Crippen LogP contribution in [-0.4, -0.2) is 57.8 Å². The molecule has 0 radical (unpaired) electrons. The number of carbonyl (C=O) groups excluding carboxylic acids is 1. The number of hydrogen-bond donors (Lipinski definition) is 2. The molecule has 2 heterocycles. The number of anilines is 1. The van der Waals surface area contributed by atoms with Crippen LogP contribution in [0.1, 0.15) is 57.1 Å². The van der Waals surface area contributed by atoms with Crippen LogP contribution in [0.15, 0.2) is 36.0 Å². The van der Waals surface area contributed by atoms with Crippen LogP contribution in [0.5, 0.6) is 0 Å². The molecule has 4 rings (SSSR count). The van der Waals surface area contributed by atoms with Gasteiger partial charge in [0.15, 0.2) is 0 Å². The van der Waals surface area contributed by atoms with Crippen molar-refractivity contribution >= 4 is 17.2 Å². The highest BCUT2D eigenvalue weighted by Crippen LogP contribution is 2.43. The third-order valence-corrected chi connectivity index (χ3v) is 7.62. The highest BCUT2D eigenvalue weighted by atomic mass is 16.5. The van der Waals surface area contributed by atoms with Gasteiger partial charge in [-0.3, -0.25) is 4.79 Å². The van der Waals surface area contributed by atoms with Crippen LogP contribution >= 0.6 is 0 Å². The second-order valence-corrected chi connectivity index (χ2v) is 11.3. The Morgan fingerprint density at radius 2 is 2.06 bits per heavy atom. The minimum atomic E-state index is -0.393. The lowest BCUT2D eigenvalue weighted by Gasteiger charge is -2.38. The van der Waals surface area contributed by atoms with Crippen LogP contribution < -0.4 is 10.6 Å². The van der Waals surface area contributed by atoms with Gasteiger partial charge in [-0.05, 0) is 68.1 Å². The van der Waals surface area contributed by atoms with E-state index in [0.717, 1.165) is 55.5 Å². The summed E-state index contributed by atoms with van der Waals surface area (Å²) in [5.74, 6) is -0.481. The minimum absolute atomic E-state index is 0.207. The largest absolute Gasteiger partial charge is 0.381 e. The smallest absolute Gasteiger partial charge is 0.271 e. The maximum atomic E-state index is 13.1. The second kappa shape index (κ2) is 11.2. The number of carbonyl (C=O) groups is 1. The molecule has 36 heavy (non-hydrogen) atoms. The minimum Gasteiger partial charge on any atom is -0.381 e. The zero-order chi connectivity index (χ0) is 25.8. The molecule has 1 saturated heterocycles. The number of nitrogens with one attached hydrogen (secondary N) is 2. The molecule has 7 heteroatoms. The van der Waals surface area contributed by atoms with E-state index in [0.29, 0.717) is 32.1 Å². The summed E-state index contributed by atoms with van der Waals surface area (Å²) >= 11 is 0. The average Bonchev–Trinajstić information content (AvgIpc) is 3.34. The first-order valence-corrected chi connectivity index (χ1v) is 13.1. The maximum Gasteiger partial charge on any atom is 0.271 e. The van der Waals surface area contributed by atoms with E-state index in [4.69, 9.17) is 9.47 Å². The molecule has 1 atom stereocenters. The summed E-state index contributed by atoms with van der Waals surface area (Å²) in [5, 5.41) is 15.4. The Bertz CT molecular complexity index is 1060. The number of benzene rings is 1. The fourth-order valence-corrected chi connectivity index (χ4v) is 5.13. The molecular weight excluding hydrogens is 452 g/mol. The summed E-state index contributed by atoms with van der Waals surface area (Å²) in [4.78, 5) is 15.2. The van der Waals surface area contributed by atoms with Gasteiger partial charge < -0.3 is 25.0 Å². The second-order valence-electron chi connectivity index (χ2n) is 11.3. The molecule has 2 aliphatic heterocycles. The molecule has 1 fully saturated rings. The Labute approximate surface area is 215 Å². The van der Waals surface area contributed by atoms with Crippen LogP contribution in [0, 0.1) is 22.7 Å². The Hall–Kier alpha value is -2.66. The number of ether oxygens (including phenoxy) is 2. The molecule has 1 aromatic rings. The van der Waals surface area contributed by atoms with Crippen molar-refractivity contribution in [3.8, 4) is 6.07 Å². The van der Waals surface area contributed by atoms with Crippen LogP contribution in [0.3, 0.4) is 0 Å². The lowest BCUT2D eigenvalue weighted by molar-refractivity contribution is -0.118. The number of hydrogen-bond acceptors (Lipinski definition) is 6. The number of nitrogens with zero attached hydrogens (tertiary/aromatic N) is 2. The number of likely N-dealkylation sites (N-methyl/N-ethyl adjacent to an activating group) is 1. The van der Waals surface area contributed by atoms with Gasteiger partial charge in [0.1, 0.15) is 0 Å². The van der Waals surface area contributed by atoms with Gasteiger partial charge in [-0.2, -0.15) is 5.26 Å². The molecule has 0 saturated carbocycles. The van der Waals surface area contributed by atoms with Crippen molar-refractivity contribution in [3.63, 3.8) is 0 Å². The number of amides is 1. The Morgan fingerprint density at radius 3 is 2.69 bits per heavy atom. The fourth-order valence-electron chi connectivity index (χ4n) is 5.13. The lowest BCUT2D eigenvalue weighted by atomic mass is 9.76. The zero-order valence-electron chi connectivity index (χ0n) is 22.2. The average molecular weight is 493 g/mol. The molecule has 0 aromatic heterocycles. The van der Waals surface area contributed by atoms with Crippen molar-refractivity contribution in [2.75, 3.05) is 52.3 Å². The van der Waals surface area contributed by atoms with Gasteiger partial charge in [-0.15, -0.1) is 0 Å². The first-order chi connectivity index (χ1) is 17.2. The third-order valence-electron chi connectivity index (χ3n) is 7.62. The molecular formula is C29H40N4O3. The zero-order valence-corrected chi connectivity index (χ0v) is 22.2. The first-order valence-electron chi connectivity index (χ1n) is 13.1. The summed E-state index contributed by atoms with van der Waals surface area (Å²) in [7, 11) is 4.11. The predicted molar refractivity (Wildman–Crippen MR) is 142 cm³/mol. The lowest BCUT2D eigenvalue weighted by Crippen LogP contribution is -2.38. The highest BCUT2D eigenvalue weighted by Gasteiger charge is 2.36. The van der Waals surface area contributed by atoms with E-state index in [1.807, 2.05) is 6.07 Å². The standard InChI is InChI=1S/C29H40N4O3/c1-28(2)9-7-22(8-10-28)24-18-23(29(11-14-35-15-12-29)36-16-13-33(3)4)5-6-25(24)32-27(34)26-17-21(19-30)20-31-26/h5-7,17-18,21,31H,8-16,20H2,1-4H3,(H,32,34). The Morgan fingerprint density at radius 1 is 1.28 bits per heavy atom. The molecule has 3 aliphatic rings. The Kier molecular flexibility index (Phi) is 8.19. The summed E-state index contributed by atoms with van der Waals surface area (Å²) < 4.78 is 12.3. The predicted octanol–water partition coefficient (Wildman–Crippen LogP) is 4.43. The molecule has 0 spiro atoms. The van der Waals surface area contributed by atoms with Gasteiger partial charge in [-0.1, -0.05) is 26.0 Å². The van der Waals surface area contributed by atoms with Crippen LogP contribution in [0.25, 0.3) is 5.57 Å². The fraction of sp³-hybridized carbons (Fsp3) is 0.586. The SMILES string of the molecule is CN(C)CCOC1(c2ccc(NC(=O)C3=CC(C#N)CN3)c(C3=CCC(C)(C)CC3)c2)CCOCC1. The summed E-state index contributed by atoms with van der Waals surface area (Å²) in [6.45, 7) is 7.93. The highest BCUT2D eigenvalue weighted by molar-refractivity contribution is 6.05. The van der Waals surface area contributed by atoms with Gasteiger partial charge in [0.2, 0.25) is 0 Å². The summed E-state index contributed by atoms with van der Waals surface area (Å²) in [6, 6.07) is 8.55. The van der Waals surface area contributed by atoms with E-state index in [1.54, 1.807) is 6.08 Å². The molecule has 1 amide bonds. The van der Waals surface area contributed by atoms with E-state index in [1.165, 1.54) is 5.57 Å². The van der Waals surface area contributed by atoms with Crippen molar-refractivity contribution in [3.05, 3.63) is 47.2 Å². The molecule has 0 bridgehead atoms. The van der Waals surface area contributed by atoms with E-state index in [-0.39, 0.29) is 17.2 Å². The van der Waals surface area contributed by atoms with Crippen molar-refractivity contribution in [2.24, 2.45) is 11.3 Å². The van der Waals surface area contributed by atoms with E-state index >= 15 is 0 Å². The van der Waals surface area contributed by atoms with Gasteiger partial charge in [0.05, 0.1) is 29.9 Å². The van der Waals surface area contributed by atoms with Crippen LogP contribution in [0.4, 0.5) is 5.69 Å².